The maximum absolute atomic E-state index is 11.9. The Hall–Kier alpha value is -2.33. The Labute approximate surface area is 137 Å². The number of likely N-dealkylation sites (tertiary alicyclic amines) is 1. The Bertz CT molecular complexity index is 634. The lowest BCUT2D eigenvalue weighted by Crippen LogP contribution is -2.31. The van der Waals surface area contributed by atoms with Gasteiger partial charge in [0.15, 0.2) is 0 Å². The number of amides is 1. The smallest absolute Gasteiger partial charge is 0.267 e. The van der Waals surface area contributed by atoms with E-state index >= 15 is 0 Å². The third kappa shape index (κ3) is 4.57. The minimum atomic E-state index is -0.0163. The molecule has 4 nitrogen and oxygen atoms in total. The number of aromatic amines is 1. The number of hydrogen-bond acceptors (Lipinski definition) is 2. The van der Waals surface area contributed by atoms with E-state index < -0.39 is 0 Å². The minimum Gasteiger partial charge on any atom is -0.357 e. The zero-order valence-electron chi connectivity index (χ0n) is 13.2. The summed E-state index contributed by atoms with van der Waals surface area (Å²) in [6.45, 7) is 3.86. The summed E-state index contributed by atoms with van der Waals surface area (Å²) in [5.41, 5.74) is 1.87. The van der Waals surface area contributed by atoms with Crippen molar-refractivity contribution >= 4 is 12.0 Å². The van der Waals surface area contributed by atoms with Gasteiger partial charge in [0.25, 0.3) is 5.91 Å². The van der Waals surface area contributed by atoms with Gasteiger partial charge in [-0.25, -0.2) is 0 Å². The number of benzene rings is 1. The third-order valence-corrected chi connectivity index (χ3v) is 4.24. The van der Waals surface area contributed by atoms with Crippen LogP contribution in [0, 0.1) is 5.92 Å². The highest BCUT2D eigenvalue weighted by Crippen LogP contribution is 2.15. The summed E-state index contributed by atoms with van der Waals surface area (Å²) in [7, 11) is 0. The van der Waals surface area contributed by atoms with E-state index in [1.54, 1.807) is 12.3 Å². The molecular weight excluding hydrogens is 286 g/mol. The molecule has 0 saturated carbocycles. The fourth-order valence-corrected chi connectivity index (χ4v) is 2.95. The number of hydrogen-bond donors (Lipinski definition) is 2. The number of rotatable bonds is 6. The largest absolute Gasteiger partial charge is 0.357 e. The molecule has 1 fully saturated rings. The minimum absolute atomic E-state index is 0.0163. The van der Waals surface area contributed by atoms with Gasteiger partial charge in [-0.15, -0.1) is 0 Å². The van der Waals surface area contributed by atoms with Crippen LogP contribution >= 0.6 is 0 Å². The second-order valence-corrected chi connectivity index (χ2v) is 6.02. The monoisotopic (exact) mass is 309 g/mol. The maximum atomic E-state index is 11.9. The Morgan fingerprint density at radius 2 is 2.13 bits per heavy atom. The molecule has 0 radical (unpaired) electrons. The molecule has 2 N–H and O–H groups in total. The topological polar surface area (TPSA) is 48.1 Å². The molecule has 0 spiro atoms. The number of aromatic nitrogens is 1. The lowest BCUT2D eigenvalue weighted by Gasteiger charge is -2.14. The van der Waals surface area contributed by atoms with Crippen LogP contribution in [0.5, 0.6) is 0 Å². The maximum Gasteiger partial charge on any atom is 0.267 e. The van der Waals surface area contributed by atoms with Crippen molar-refractivity contribution in [3.8, 4) is 0 Å². The summed E-state index contributed by atoms with van der Waals surface area (Å²) in [6, 6.07) is 14.0. The van der Waals surface area contributed by atoms with Gasteiger partial charge in [0.05, 0.1) is 0 Å². The number of nitrogens with one attached hydrogen (secondary N) is 2. The second kappa shape index (κ2) is 7.79. The van der Waals surface area contributed by atoms with Crippen LogP contribution in [0.1, 0.15) is 22.5 Å². The van der Waals surface area contributed by atoms with Crippen molar-refractivity contribution in [1.82, 2.24) is 15.2 Å². The summed E-state index contributed by atoms with van der Waals surface area (Å²) in [5.74, 6) is 0.525. The molecule has 1 atom stereocenters. The fraction of sp³-hybridized carbons (Fsp3) is 0.316. The lowest BCUT2D eigenvalue weighted by molar-refractivity contribution is 0.0943. The molecule has 1 aromatic carbocycles. The van der Waals surface area contributed by atoms with Crippen LogP contribution in [-0.2, 0) is 0 Å². The van der Waals surface area contributed by atoms with Crippen LogP contribution in [-0.4, -0.2) is 42.0 Å². The van der Waals surface area contributed by atoms with E-state index in [0.29, 0.717) is 11.6 Å². The Morgan fingerprint density at radius 1 is 1.26 bits per heavy atom. The first-order valence-corrected chi connectivity index (χ1v) is 8.17. The molecule has 3 rings (SSSR count). The van der Waals surface area contributed by atoms with E-state index in [0.717, 1.165) is 32.6 Å². The van der Waals surface area contributed by atoms with Crippen molar-refractivity contribution in [3.05, 3.63) is 66.0 Å². The van der Waals surface area contributed by atoms with Crippen molar-refractivity contribution in [2.24, 2.45) is 5.92 Å². The van der Waals surface area contributed by atoms with Gasteiger partial charge in [0, 0.05) is 25.8 Å². The Balaban J connectivity index is 1.39. The van der Waals surface area contributed by atoms with E-state index in [2.05, 4.69) is 51.6 Å². The molecule has 0 unspecified atom stereocenters. The molecule has 0 bridgehead atoms. The van der Waals surface area contributed by atoms with Crippen LogP contribution in [0.2, 0.25) is 0 Å². The first-order chi connectivity index (χ1) is 11.3. The highest BCUT2D eigenvalue weighted by atomic mass is 16.1. The Morgan fingerprint density at radius 3 is 2.91 bits per heavy atom. The van der Waals surface area contributed by atoms with Gasteiger partial charge in [0.1, 0.15) is 5.69 Å². The van der Waals surface area contributed by atoms with Gasteiger partial charge >= 0.3 is 0 Å². The predicted octanol–water partition coefficient (Wildman–Crippen LogP) is 2.78. The van der Waals surface area contributed by atoms with Gasteiger partial charge in [-0.1, -0.05) is 42.5 Å². The number of carbonyl (C=O) groups excluding carboxylic acids is 1. The fourth-order valence-electron chi connectivity index (χ4n) is 2.95. The highest BCUT2D eigenvalue weighted by Gasteiger charge is 2.22. The van der Waals surface area contributed by atoms with Crippen molar-refractivity contribution in [3.63, 3.8) is 0 Å². The normalized spacial score (nSPS) is 18.5. The first-order valence-electron chi connectivity index (χ1n) is 8.17. The van der Waals surface area contributed by atoms with Crippen LogP contribution < -0.4 is 5.32 Å². The molecule has 1 amide bonds. The summed E-state index contributed by atoms with van der Waals surface area (Å²) in [6.07, 6.45) is 7.30. The summed E-state index contributed by atoms with van der Waals surface area (Å²) in [5, 5.41) is 3.01. The van der Waals surface area contributed by atoms with Gasteiger partial charge in [-0.3, -0.25) is 9.69 Å². The van der Waals surface area contributed by atoms with Gasteiger partial charge in [-0.2, -0.15) is 0 Å². The average Bonchev–Trinajstić information content (AvgIpc) is 3.26. The molecule has 0 aliphatic carbocycles. The van der Waals surface area contributed by atoms with Crippen molar-refractivity contribution in [1.29, 1.82) is 0 Å². The first kappa shape index (κ1) is 15.6. The van der Waals surface area contributed by atoms with Crippen molar-refractivity contribution < 1.29 is 4.79 Å². The second-order valence-electron chi connectivity index (χ2n) is 6.02. The van der Waals surface area contributed by atoms with Crippen molar-refractivity contribution in [2.75, 3.05) is 26.2 Å². The highest BCUT2D eigenvalue weighted by molar-refractivity contribution is 5.92. The summed E-state index contributed by atoms with van der Waals surface area (Å²) >= 11 is 0. The molecule has 2 aromatic rings. The number of H-pyrrole nitrogens is 1. The summed E-state index contributed by atoms with van der Waals surface area (Å²) in [4.78, 5) is 17.3. The molecule has 120 valence electrons. The van der Waals surface area contributed by atoms with Crippen LogP contribution in [0.15, 0.2) is 54.7 Å². The van der Waals surface area contributed by atoms with E-state index in [1.807, 2.05) is 12.1 Å². The molecule has 1 saturated heterocycles. The van der Waals surface area contributed by atoms with E-state index in [-0.39, 0.29) is 5.91 Å². The van der Waals surface area contributed by atoms with Gasteiger partial charge in [-0.05, 0) is 36.6 Å². The van der Waals surface area contributed by atoms with Gasteiger partial charge in [0.2, 0.25) is 0 Å². The molecular formula is C19H23N3O. The third-order valence-electron chi connectivity index (χ3n) is 4.24. The van der Waals surface area contributed by atoms with E-state index in [4.69, 9.17) is 0 Å². The van der Waals surface area contributed by atoms with Crippen LogP contribution in [0.4, 0.5) is 0 Å². The van der Waals surface area contributed by atoms with Gasteiger partial charge < -0.3 is 10.3 Å². The molecule has 1 aromatic heterocycles. The van der Waals surface area contributed by atoms with E-state index in [1.165, 1.54) is 5.56 Å². The molecule has 23 heavy (non-hydrogen) atoms. The average molecular weight is 309 g/mol. The SMILES string of the molecule is O=C(NC[C@H]1CCN(C/C=C/c2ccccc2)C1)c1ccc[nH]1. The van der Waals surface area contributed by atoms with E-state index in [9.17, 15) is 4.79 Å². The molecule has 1 aliphatic rings. The van der Waals surface area contributed by atoms with Crippen molar-refractivity contribution in [2.45, 2.75) is 6.42 Å². The zero-order valence-corrected chi connectivity index (χ0v) is 13.2. The molecule has 1 aliphatic heterocycles. The lowest BCUT2D eigenvalue weighted by atomic mass is 10.1. The number of nitrogens with zero attached hydrogens (tertiary/aromatic N) is 1. The number of carbonyl (C=O) groups is 1. The zero-order chi connectivity index (χ0) is 15.9. The quantitative estimate of drug-likeness (QED) is 0.862. The van der Waals surface area contributed by atoms with Crippen LogP contribution in [0.3, 0.4) is 0 Å². The predicted molar refractivity (Wildman–Crippen MR) is 93.1 cm³/mol. The Kier molecular flexibility index (Phi) is 5.27. The molecule has 4 heteroatoms. The summed E-state index contributed by atoms with van der Waals surface area (Å²) < 4.78 is 0. The van der Waals surface area contributed by atoms with Crippen LogP contribution in [0.25, 0.3) is 6.08 Å². The standard InChI is InChI=1S/C19H23N3O/c23-19(18-9-4-11-20-18)21-14-17-10-13-22(15-17)12-5-8-16-6-2-1-3-7-16/h1-9,11,17,20H,10,12-15H2,(H,21,23)/b8-5+/t17-/m1/s1. The molecule has 2 heterocycles.